The number of Topliss-reactive ketones (excluding diaryl/α,β-unsaturated/α-hetero) is 1. The first-order valence-electron chi connectivity index (χ1n) is 10.5. The van der Waals surface area contributed by atoms with Crippen molar-refractivity contribution in [3.63, 3.8) is 0 Å². The van der Waals surface area contributed by atoms with Crippen LogP contribution in [0.3, 0.4) is 0 Å². The zero-order valence-corrected chi connectivity index (χ0v) is 17.7. The molecule has 5 rings (SSSR count). The number of aromatic nitrogens is 1. The number of allylic oxidation sites excluding steroid dienone is 1. The van der Waals surface area contributed by atoms with E-state index >= 15 is 0 Å². The third-order valence-corrected chi connectivity index (χ3v) is 5.42. The summed E-state index contributed by atoms with van der Waals surface area (Å²) in [6, 6.07) is 14.6. The number of hydrogen-bond donors (Lipinski definition) is 0. The first kappa shape index (κ1) is 20.0. The lowest BCUT2D eigenvalue weighted by atomic mass is 9.84. The highest BCUT2D eigenvalue weighted by Gasteiger charge is 2.39. The molecule has 6 nitrogen and oxygen atoms in total. The van der Waals surface area contributed by atoms with E-state index in [0.717, 1.165) is 11.1 Å². The molecule has 1 aromatic heterocycles. The van der Waals surface area contributed by atoms with Crippen LogP contribution in [0.4, 0.5) is 0 Å². The maximum atomic E-state index is 13.1. The van der Waals surface area contributed by atoms with E-state index in [1.807, 2.05) is 44.2 Å². The quantitative estimate of drug-likeness (QED) is 0.334. The number of pyridine rings is 1. The van der Waals surface area contributed by atoms with Gasteiger partial charge in [0.2, 0.25) is 5.78 Å². The highest BCUT2D eigenvalue weighted by Crippen LogP contribution is 2.50. The minimum Gasteiger partial charge on any atom is -0.491 e. The lowest BCUT2D eigenvalue weighted by molar-refractivity contribution is -0.135. The maximum absolute atomic E-state index is 13.1. The summed E-state index contributed by atoms with van der Waals surface area (Å²) >= 11 is 0. The molecule has 0 aliphatic carbocycles. The van der Waals surface area contributed by atoms with Crippen molar-refractivity contribution in [2.75, 3.05) is 0 Å². The van der Waals surface area contributed by atoms with Crippen LogP contribution < -0.4 is 14.2 Å². The second kappa shape index (κ2) is 7.96. The minimum atomic E-state index is -0.360. The van der Waals surface area contributed by atoms with Gasteiger partial charge in [-0.25, -0.2) is 0 Å². The van der Waals surface area contributed by atoms with Gasteiger partial charge in [0, 0.05) is 29.4 Å². The molecule has 2 aliphatic heterocycles. The molecule has 6 heteroatoms. The number of rotatable bonds is 4. The number of hydrogen-bond acceptors (Lipinski definition) is 6. The predicted octanol–water partition coefficient (Wildman–Crippen LogP) is 4.93. The molecular weight excluding hydrogens is 406 g/mol. The van der Waals surface area contributed by atoms with Crippen LogP contribution in [-0.4, -0.2) is 22.8 Å². The smallest absolute Gasteiger partial charge is 0.312 e. The molecule has 0 amide bonds. The Labute approximate surface area is 185 Å². The van der Waals surface area contributed by atoms with Crippen LogP contribution in [0.5, 0.6) is 17.2 Å². The highest BCUT2D eigenvalue weighted by molar-refractivity contribution is 6.15. The fraction of sp³-hybridized carbons (Fsp3) is 0.192. The van der Waals surface area contributed by atoms with E-state index in [4.69, 9.17) is 14.2 Å². The van der Waals surface area contributed by atoms with Crippen LogP contribution in [0.25, 0.3) is 6.08 Å². The third-order valence-electron chi connectivity index (χ3n) is 5.42. The van der Waals surface area contributed by atoms with Crippen molar-refractivity contribution in [2.45, 2.75) is 32.3 Å². The van der Waals surface area contributed by atoms with Gasteiger partial charge in [0.25, 0.3) is 0 Å². The molecule has 3 aromatic rings. The molecule has 0 saturated carbocycles. The van der Waals surface area contributed by atoms with Gasteiger partial charge in [-0.1, -0.05) is 24.3 Å². The molecule has 2 aliphatic rings. The van der Waals surface area contributed by atoms with Crippen molar-refractivity contribution in [2.24, 2.45) is 0 Å². The third kappa shape index (κ3) is 3.54. The molecule has 3 heterocycles. The van der Waals surface area contributed by atoms with E-state index in [2.05, 4.69) is 4.98 Å². The number of carbonyl (C=O) groups excluding carboxylic acids is 2. The van der Waals surface area contributed by atoms with E-state index in [-0.39, 0.29) is 36.0 Å². The van der Waals surface area contributed by atoms with Crippen molar-refractivity contribution in [1.82, 2.24) is 4.98 Å². The van der Waals surface area contributed by atoms with Gasteiger partial charge in [0.15, 0.2) is 5.76 Å². The van der Waals surface area contributed by atoms with Gasteiger partial charge in [0.05, 0.1) is 18.1 Å². The van der Waals surface area contributed by atoms with E-state index in [1.54, 1.807) is 36.7 Å². The van der Waals surface area contributed by atoms with E-state index in [1.165, 1.54) is 0 Å². The number of ketones is 1. The molecule has 0 fully saturated rings. The predicted molar refractivity (Wildman–Crippen MR) is 118 cm³/mol. The van der Waals surface area contributed by atoms with Gasteiger partial charge in [-0.2, -0.15) is 0 Å². The average molecular weight is 427 g/mol. The molecule has 0 saturated heterocycles. The maximum Gasteiger partial charge on any atom is 0.312 e. The normalized spacial score (nSPS) is 18.2. The SMILES string of the molecule is CC(C)Oc1ccccc1C1CC(=O)Oc2ccc3c(c21)OC(=Cc1cccnc1)C3=O. The standard InChI is InChI=1S/C26H21NO5/c1-15(2)30-20-8-4-3-7-17(20)19-13-23(28)31-21-10-9-18-25(29)22(32-26(18)24(19)21)12-16-6-5-11-27-14-16/h3-12,14-15,19H,13H2,1-2H3. The summed E-state index contributed by atoms with van der Waals surface area (Å²) in [6.07, 6.45) is 5.09. The van der Waals surface area contributed by atoms with Crippen LogP contribution in [-0.2, 0) is 4.79 Å². The molecule has 1 atom stereocenters. The Kier molecular flexibility index (Phi) is 4.98. The van der Waals surface area contributed by atoms with Gasteiger partial charge < -0.3 is 14.2 Å². The molecule has 0 N–H and O–H groups in total. The van der Waals surface area contributed by atoms with Gasteiger partial charge in [0.1, 0.15) is 17.2 Å². The number of esters is 1. The van der Waals surface area contributed by atoms with Crippen LogP contribution >= 0.6 is 0 Å². The number of carbonyl (C=O) groups is 2. The average Bonchev–Trinajstić information content (AvgIpc) is 3.09. The van der Waals surface area contributed by atoms with Crippen molar-refractivity contribution in [1.29, 1.82) is 0 Å². The first-order chi connectivity index (χ1) is 15.5. The van der Waals surface area contributed by atoms with Crippen LogP contribution in [0.2, 0.25) is 0 Å². The number of nitrogens with zero attached hydrogens (tertiary/aromatic N) is 1. The second-order valence-electron chi connectivity index (χ2n) is 8.02. The van der Waals surface area contributed by atoms with Crippen LogP contribution in [0.1, 0.15) is 53.2 Å². The molecule has 32 heavy (non-hydrogen) atoms. The van der Waals surface area contributed by atoms with Crippen LogP contribution in [0, 0.1) is 0 Å². The highest BCUT2D eigenvalue weighted by atomic mass is 16.5. The summed E-state index contributed by atoms with van der Waals surface area (Å²) in [6.45, 7) is 3.91. The Balaban J connectivity index is 1.63. The van der Waals surface area contributed by atoms with Crippen molar-refractivity contribution >= 4 is 17.8 Å². The largest absolute Gasteiger partial charge is 0.491 e. The van der Waals surface area contributed by atoms with E-state index in [0.29, 0.717) is 28.4 Å². The van der Waals surface area contributed by atoms with E-state index < -0.39 is 0 Å². The molecule has 1 unspecified atom stereocenters. The second-order valence-corrected chi connectivity index (χ2v) is 8.02. The summed E-state index contributed by atoms with van der Waals surface area (Å²) in [5.74, 6) is 0.831. The monoisotopic (exact) mass is 427 g/mol. The van der Waals surface area contributed by atoms with Crippen molar-refractivity contribution in [3.8, 4) is 17.2 Å². The molecule has 0 spiro atoms. The summed E-state index contributed by atoms with van der Waals surface area (Å²) in [4.78, 5) is 29.6. The van der Waals surface area contributed by atoms with Gasteiger partial charge in [-0.05, 0) is 49.8 Å². The Morgan fingerprint density at radius 1 is 1.06 bits per heavy atom. The minimum absolute atomic E-state index is 0.0282. The molecular formula is C26H21NO5. The first-order valence-corrected chi connectivity index (χ1v) is 10.5. The van der Waals surface area contributed by atoms with Crippen LogP contribution in [0.15, 0.2) is 66.7 Å². The van der Waals surface area contributed by atoms with Gasteiger partial charge in [-0.15, -0.1) is 0 Å². The Hall–Kier alpha value is -3.93. The van der Waals surface area contributed by atoms with Gasteiger partial charge >= 0.3 is 5.97 Å². The lowest BCUT2D eigenvalue weighted by Gasteiger charge is -2.28. The molecule has 160 valence electrons. The zero-order chi connectivity index (χ0) is 22.2. The summed E-state index contributed by atoms with van der Waals surface area (Å²) in [7, 11) is 0. The molecule has 2 aromatic carbocycles. The Morgan fingerprint density at radius 2 is 1.91 bits per heavy atom. The number of benzene rings is 2. The zero-order valence-electron chi connectivity index (χ0n) is 17.7. The molecule has 0 bridgehead atoms. The number of fused-ring (bicyclic) bond motifs is 3. The molecule has 0 radical (unpaired) electrons. The fourth-order valence-electron chi connectivity index (χ4n) is 4.11. The topological polar surface area (TPSA) is 74.7 Å². The van der Waals surface area contributed by atoms with Crippen molar-refractivity contribution < 1.29 is 23.8 Å². The number of para-hydroxylation sites is 1. The fourth-order valence-corrected chi connectivity index (χ4v) is 4.11. The van der Waals surface area contributed by atoms with Crippen molar-refractivity contribution in [3.05, 3.63) is 88.9 Å². The number of ether oxygens (including phenoxy) is 3. The summed E-state index contributed by atoms with van der Waals surface area (Å²) in [5, 5.41) is 0. The van der Waals surface area contributed by atoms with E-state index in [9.17, 15) is 9.59 Å². The summed E-state index contributed by atoms with van der Waals surface area (Å²) < 4.78 is 17.6. The Morgan fingerprint density at radius 3 is 2.69 bits per heavy atom. The summed E-state index contributed by atoms with van der Waals surface area (Å²) in [5.41, 5.74) is 2.75. The Bertz CT molecular complexity index is 1250. The lowest BCUT2D eigenvalue weighted by Crippen LogP contribution is -2.22. The van der Waals surface area contributed by atoms with Gasteiger partial charge in [-0.3, -0.25) is 14.6 Å².